The predicted molar refractivity (Wildman–Crippen MR) is 70.6 cm³/mol. The Bertz CT molecular complexity index is 476. The van der Waals surface area contributed by atoms with Gasteiger partial charge in [-0.1, -0.05) is 19.9 Å². The van der Waals surface area contributed by atoms with Crippen LogP contribution in [0.1, 0.15) is 19.7 Å². The van der Waals surface area contributed by atoms with Crippen LogP contribution in [-0.4, -0.2) is 22.6 Å². The molecule has 2 aromatic rings. The molecule has 4 heteroatoms. The zero-order chi connectivity index (χ0) is 11.5. The second-order valence-corrected chi connectivity index (χ2v) is 5.03. The van der Waals surface area contributed by atoms with Crippen molar-refractivity contribution < 1.29 is 0 Å². The van der Waals surface area contributed by atoms with Gasteiger partial charge in [0.25, 0.3) is 0 Å². The smallest absolute Gasteiger partial charge is 0.108 e. The van der Waals surface area contributed by atoms with Crippen molar-refractivity contribution in [2.75, 3.05) is 6.54 Å². The lowest BCUT2D eigenvalue weighted by atomic mass is 10.3. The van der Waals surface area contributed by atoms with E-state index in [1.165, 1.54) is 0 Å². The van der Waals surface area contributed by atoms with Gasteiger partial charge < -0.3 is 10.3 Å². The van der Waals surface area contributed by atoms with Crippen LogP contribution in [0.5, 0.6) is 0 Å². The van der Waals surface area contributed by atoms with Crippen LogP contribution in [-0.2, 0) is 6.42 Å². The van der Waals surface area contributed by atoms with Gasteiger partial charge in [0, 0.05) is 23.5 Å². The molecule has 0 fully saturated rings. The van der Waals surface area contributed by atoms with Gasteiger partial charge in [-0.15, -0.1) is 0 Å². The maximum atomic E-state index is 4.57. The van der Waals surface area contributed by atoms with E-state index in [1.807, 2.05) is 18.2 Å². The minimum Gasteiger partial charge on any atom is -0.342 e. The first-order valence-corrected chi connectivity index (χ1v) is 6.32. The van der Waals surface area contributed by atoms with Crippen LogP contribution in [0.4, 0.5) is 0 Å². The molecule has 0 saturated carbocycles. The van der Waals surface area contributed by atoms with E-state index in [0.29, 0.717) is 6.04 Å². The Morgan fingerprint density at radius 2 is 2.25 bits per heavy atom. The fourth-order valence-corrected chi connectivity index (χ4v) is 2.10. The van der Waals surface area contributed by atoms with Crippen molar-refractivity contribution in [3.05, 3.63) is 28.5 Å². The maximum Gasteiger partial charge on any atom is 0.108 e. The average molecular weight is 282 g/mol. The zero-order valence-corrected chi connectivity index (χ0v) is 11.1. The molecule has 2 rings (SSSR count). The third kappa shape index (κ3) is 2.62. The Kier molecular flexibility index (Phi) is 3.61. The Morgan fingerprint density at radius 3 is 2.94 bits per heavy atom. The number of imidazole rings is 1. The number of nitrogens with one attached hydrogen (secondary N) is 2. The summed E-state index contributed by atoms with van der Waals surface area (Å²) >= 11 is 3.50. The number of hydrogen-bond acceptors (Lipinski definition) is 2. The van der Waals surface area contributed by atoms with E-state index in [2.05, 4.69) is 45.1 Å². The van der Waals surface area contributed by atoms with E-state index in [1.54, 1.807) is 0 Å². The normalized spacial score (nSPS) is 11.5. The van der Waals surface area contributed by atoms with E-state index in [4.69, 9.17) is 0 Å². The van der Waals surface area contributed by atoms with Crippen LogP contribution >= 0.6 is 15.9 Å². The molecule has 0 saturated heterocycles. The second-order valence-electron chi connectivity index (χ2n) is 4.18. The van der Waals surface area contributed by atoms with E-state index in [0.717, 1.165) is 34.3 Å². The van der Waals surface area contributed by atoms with Crippen molar-refractivity contribution in [2.24, 2.45) is 0 Å². The minimum absolute atomic E-state index is 0.524. The summed E-state index contributed by atoms with van der Waals surface area (Å²) in [6.07, 6.45) is 0.930. The monoisotopic (exact) mass is 281 g/mol. The largest absolute Gasteiger partial charge is 0.342 e. The minimum atomic E-state index is 0.524. The molecule has 3 nitrogen and oxygen atoms in total. The first kappa shape index (κ1) is 11.6. The molecule has 16 heavy (non-hydrogen) atoms. The molecule has 0 aliphatic rings. The highest BCUT2D eigenvalue weighted by molar-refractivity contribution is 9.10. The summed E-state index contributed by atoms with van der Waals surface area (Å²) in [5, 5.41) is 3.38. The summed E-state index contributed by atoms with van der Waals surface area (Å²) in [4.78, 5) is 7.90. The topological polar surface area (TPSA) is 40.7 Å². The zero-order valence-electron chi connectivity index (χ0n) is 9.55. The Balaban J connectivity index is 2.11. The van der Waals surface area contributed by atoms with Crippen molar-refractivity contribution in [1.29, 1.82) is 0 Å². The molecule has 0 radical (unpaired) electrons. The van der Waals surface area contributed by atoms with Gasteiger partial charge in [-0.05, 0) is 28.1 Å². The number of nitrogens with zero attached hydrogens (tertiary/aromatic N) is 1. The number of rotatable bonds is 4. The summed E-state index contributed by atoms with van der Waals surface area (Å²) < 4.78 is 1.05. The van der Waals surface area contributed by atoms with Crippen molar-refractivity contribution in [1.82, 2.24) is 15.3 Å². The Hall–Kier alpha value is -0.870. The SMILES string of the molecule is CC(C)NCCc1nc2c(Br)cccc2[nH]1. The van der Waals surface area contributed by atoms with Crippen molar-refractivity contribution >= 4 is 27.0 Å². The molecule has 0 spiro atoms. The lowest BCUT2D eigenvalue weighted by Crippen LogP contribution is -2.25. The van der Waals surface area contributed by atoms with E-state index < -0.39 is 0 Å². The van der Waals surface area contributed by atoms with Gasteiger partial charge in [0.15, 0.2) is 0 Å². The number of benzene rings is 1. The van der Waals surface area contributed by atoms with Crippen molar-refractivity contribution in [3.8, 4) is 0 Å². The number of H-pyrrole nitrogens is 1. The van der Waals surface area contributed by atoms with E-state index >= 15 is 0 Å². The molecule has 0 unspecified atom stereocenters. The van der Waals surface area contributed by atoms with Crippen LogP contribution in [0.2, 0.25) is 0 Å². The van der Waals surface area contributed by atoms with Crippen LogP contribution in [0, 0.1) is 0 Å². The molecule has 1 aromatic heterocycles. The lowest BCUT2D eigenvalue weighted by Gasteiger charge is -2.05. The molecular formula is C12H16BrN3. The van der Waals surface area contributed by atoms with Gasteiger partial charge >= 0.3 is 0 Å². The van der Waals surface area contributed by atoms with Crippen LogP contribution in [0.3, 0.4) is 0 Å². The number of aromatic amines is 1. The lowest BCUT2D eigenvalue weighted by molar-refractivity contribution is 0.585. The number of fused-ring (bicyclic) bond motifs is 1. The summed E-state index contributed by atoms with van der Waals surface area (Å²) in [5.41, 5.74) is 2.11. The Labute approximate surface area is 104 Å². The fraction of sp³-hybridized carbons (Fsp3) is 0.417. The van der Waals surface area contributed by atoms with Crippen molar-refractivity contribution in [2.45, 2.75) is 26.3 Å². The molecule has 0 aliphatic carbocycles. The summed E-state index contributed by atoms with van der Waals surface area (Å²) in [6, 6.07) is 6.60. The van der Waals surface area contributed by atoms with Gasteiger partial charge in [0.2, 0.25) is 0 Å². The first-order chi connectivity index (χ1) is 7.66. The summed E-state index contributed by atoms with van der Waals surface area (Å²) in [5.74, 6) is 1.04. The summed E-state index contributed by atoms with van der Waals surface area (Å²) in [7, 11) is 0. The number of halogens is 1. The van der Waals surface area contributed by atoms with Gasteiger partial charge in [-0.3, -0.25) is 0 Å². The van der Waals surface area contributed by atoms with Crippen LogP contribution in [0.25, 0.3) is 11.0 Å². The second kappa shape index (κ2) is 4.97. The molecular weight excluding hydrogens is 266 g/mol. The molecule has 0 bridgehead atoms. The van der Waals surface area contributed by atoms with E-state index in [9.17, 15) is 0 Å². The van der Waals surface area contributed by atoms with Gasteiger partial charge in [-0.25, -0.2) is 4.98 Å². The highest BCUT2D eigenvalue weighted by atomic mass is 79.9. The Morgan fingerprint density at radius 1 is 1.44 bits per heavy atom. The highest BCUT2D eigenvalue weighted by Crippen LogP contribution is 2.21. The molecule has 0 aliphatic heterocycles. The standard InChI is InChI=1S/C12H16BrN3/c1-8(2)14-7-6-11-15-10-5-3-4-9(13)12(10)16-11/h3-5,8,14H,6-7H2,1-2H3,(H,15,16). The number of aromatic nitrogens is 2. The van der Waals surface area contributed by atoms with Gasteiger partial charge in [0.1, 0.15) is 11.3 Å². The average Bonchev–Trinajstić information content (AvgIpc) is 2.61. The van der Waals surface area contributed by atoms with Crippen LogP contribution in [0.15, 0.2) is 22.7 Å². The quantitative estimate of drug-likeness (QED) is 0.905. The number of hydrogen-bond donors (Lipinski definition) is 2. The molecule has 1 aromatic carbocycles. The van der Waals surface area contributed by atoms with Crippen LogP contribution < -0.4 is 5.32 Å². The van der Waals surface area contributed by atoms with Gasteiger partial charge in [0.05, 0.1) is 5.52 Å². The molecule has 86 valence electrons. The maximum absolute atomic E-state index is 4.57. The molecule has 1 heterocycles. The fourth-order valence-electron chi connectivity index (χ4n) is 1.65. The molecule has 2 N–H and O–H groups in total. The predicted octanol–water partition coefficient (Wildman–Crippen LogP) is 2.87. The molecule has 0 atom stereocenters. The first-order valence-electron chi connectivity index (χ1n) is 5.53. The third-order valence-corrected chi connectivity index (χ3v) is 3.07. The summed E-state index contributed by atoms with van der Waals surface area (Å²) in [6.45, 7) is 5.25. The van der Waals surface area contributed by atoms with E-state index in [-0.39, 0.29) is 0 Å². The highest BCUT2D eigenvalue weighted by Gasteiger charge is 2.05. The van der Waals surface area contributed by atoms with Crippen molar-refractivity contribution in [3.63, 3.8) is 0 Å². The van der Waals surface area contributed by atoms with Gasteiger partial charge in [-0.2, -0.15) is 0 Å². The third-order valence-electron chi connectivity index (χ3n) is 2.43. The number of para-hydroxylation sites is 1. The molecule has 0 amide bonds.